The van der Waals surface area contributed by atoms with Crippen molar-refractivity contribution < 1.29 is 9.53 Å². The first-order valence-corrected chi connectivity index (χ1v) is 6.12. The van der Waals surface area contributed by atoms with Crippen LogP contribution in [0.15, 0.2) is 28.9 Å². The average molecular weight is 305 g/mol. The van der Waals surface area contributed by atoms with Crippen LogP contribution < -0.4 is 0 Å². The number of para-hydroxylation sites is 1. The summed E-state index contributed by atoms with van der Waals surface area (Å²) < 4.78 is 5.54. The zero-order valence-electron chi connectivity index (χ0n) is 9.61. The summed E-state index contributed by atoms with van der Waals surface area (Å²) >= 11 is 3.37. The number of fused-ring (bicyclic) bond motifs is 1. The normalized spacial score (nSPS) is 10.1. The number of carbonyl (C=O) groups is 1. The Morgan fingerprint density at radius 3 is 3.00 bits per heavy atom. The molecule has 0 radical (unpaired) electrons. The first-order valence-electron chi connectivity index (χ1n) is 5.33. The van der Waals surface area contributed by atoms with Gasteiger partial charge < -0.3 is 4.74 Å². The molecule has 0 N–H and O–H groups in total. The molecule has 0 saturated carbocycles. The van der Waals surface area contributed by atoms with Crippen LogP contribution >= 0.6 is 15.9 Å². The van der Waals surface area contributed by atoms with E-state index in [9.17, 15) is 4.79 Å². The van der Waals surface area contributed by atoms with Crippen LogP contribution in [0.3, 0.4) is 0 Å². The standard InChI is InChI=1S/C13H9BrN2O2/c1-2-18-13(17)10-7-16-12-8(6-15)4-3-5-9(12)11(10)14/h3-5,7H,2H2,1H3. The second-order valence-corrected chi connectivity index (χ2v) is 4.31. The number of benzene rings is 1. The van der Waals surface area contributed by atoms with E-state index in [1.807, 2.05) is 0 Å². The first-order chi connectivity index (χ1) is 8.69. The molecular weight excluding hydrogens is 296 g/mol. The molecule has 0 atom stereocenters. The summed E-state index contributed by atoms with van der Waals surface area (Å²) in [4.78, 5) is 15.9. The van der Waals surface area contributed by atoms with Gasteiger partial charge in [-0.25, -0.2) is 4.79 Å². The molecule has 18 heavy (non-hydrogen) atoms. The summed E-state index contributed by atoms with van der Waals surface area (Å²) in [5, 5.41) is 9.71. The van der Waals surface area contributed by atoms with Gasteiger partial charge in [0.25, 0.3) is 0 Å². The van der Waals surface area contributed by atoms with E-state index in [2.05, 4.69) is 27.0 Å². The fraction of sp³-hybridized carbons (Fsp3) is 0.154. The van der Waals surface area contributed by atoms with Gasteiger partial charge in [0, 0.05) is 16.1 Å². The number of aromatic nitrogens is 1. The summed E-state index contributed by atoms with van der Waals surface area (Å²) in [5.41, 5.74) is 1.41. The minimum Gasteiger partial charge on any atom is -0.462 e. The molecule has 5 heteroatoms. The first kappa shape index (κ1) is 12.5. The smallest absolute Gasteiger partial charge is 0.340 e. The monoisotopic (exact) mass is 304 g/mol. The van der Waals surface area contributed by atoms with Gasteiger partial charge in [-0.1, -0.05) is 12.1 Å². The van der Waals surface area contributed by atoms with Gasteiger partial charge in [-0.2, -0.15) is 5.26 Å². The van der Waals surface area contributed by atoms with Gasteiger partial charge in [-0.3, -0.25) is 4.98 Å². The molecule has 0 aliphatic carbocycles. The summed E-state index contributed by atoms with van der Waals surface area (Å²) in [5.74, 6) is -0.430. The quantitative estimate of drug-likeness (QED) is 0.800. The molecular formula is C13H9BrN2O2. The second kappa shape index (κ2) is 5.15. The maximum absolute atomic E-state index is 11.7. The number of esters is 1. The van der Waals surface area contributed by atoms with Gasteiger partial charge in [0.1, 0.15) is 6.07 Å². The van der Waals surface area contributed by atoms with Gasteiger partial charge in [0.05, 0.1) is 23.3 Å². The van der Waals surface area contributed by atoms with E-state index in [0.29, 0.717) is 27.7 Å². The van der Waals surface area contributed by atoms with E-state index in [1.54, 1.807) is 25.1 Å². The van der Waals surface area contributed by atoms with Crippen LogP contribution in [0.2, 0.25) is 0 Å². The highest BCUT2D eigenvalue weighted by Gasteiger charge is 2.15. The van der Waals surface area contributed by atoms with Crippen molar-refractivity contribution in [2.45, 2.75) is 6.92 Å². The number of hydrogen-bond donors (Lipinski definition) is 0. The van der Waals surface area contributed by atoms with Crippen molar-refractivity contribution in [3.63, 3.8) is 0 Å². The summed E-state index contributed by atoms with van der Waals surface area (Å²) in [6, 6.07) is 7.31. The average Bonchev–Trinajstić information content (AvgIpc) is 2.39. The van der Waals surface area contributed by atoms with Crippen molar-refractivity contribution in [1.29, 1.82) is 5.26 Å². The number of carbonyl (C=O) groups excluding carboxylic acids is 1. The Labute approximate surface area is 112 Å². The third-order valence-electron chi connectivity index (χ3n) is 2.45. The van der Waals surface area contributed by atoms with Crippen molar-refractivity contribution in [2.24, 2.45) is 0 Å². The number of nitriles is 1. The minimum atomic E-state index is -0.430. The molecule has 0 unspecified atom stereocenters. The highest BCUT2D eigenvalue weighted by Crippen LogP contribution is 2.28. The van der Waals surface area contributed by atoms with Crippen LogP contribution in [-0.4, -0.2) is 17.6 Å². The SMILES string of the molecule is CCOC(=O)c1cnc2c(C#N)cccc2c1Br. The minimum absolute atomic E-state index is 0.307. The number of pyridine rings is 1. The van der Waals surface area contributed by atoms with Gasteiger partial charge in [0.15, 0.2) is 0 Å². The Morgan fingerprint density at radius 2 is 2.33 bits per heavy atom. The third kappa shape index (κ3) is 2.07. The predicted molar refractivity (Wildman–Crippen MR) is 70.1 cm³/mol. The molecule has 1 aromatic heterocycles. The highest BCUT2D eigenvalue weighted by atomic mass is 79.9. The zero-order valence-corrected chi connectivity index (χ0v) is 11.2. The van der Waals surface area contributed by atoms with E-state index in [-0.39, 0.29) is 0 Å². The molecule has 0 aliphatic rings. The molecule has 2 aromatic rings. The molecule has 0 saturated heterocycles. The highest BCUT2D eigenvalue weighted by molar-refractivity contribution is 9.10. The van der Waals surface area contributed by atoms with Crippen LogP contribution in [0.1, 0.15) is 22.8 Å². The second-order valence-electron chi connectivity index (χ2n) is 3.52. The number of halogens is 1. The Hall–Kier alpha value is -1.93. The van der Waals surface area contributed by atoms with Crippen molar-refractivity contribution in [3.8, 4) is 6.07 Å². The van der Waals surface area contributed by atoms with Crippen LogP contribution in [0.4, 0.5) is 0 Å². The molecule has 0 bridgehead atoms. The molecule has 0 amide bonds. The topological polar surface area (TPSA) is 63.0 Å². The predicted octanol–water partition coefficient (Wildman–Crippen LogP) is 3.05. The number of hydrogen-bond acceptors (Lipinski definition) is 4. The maximum atomic E-state index is 11.7. The molecule has 90 valence electrons. The van der Waals surface area contributed by atoms with Crippen molar-refractivity contribution >= 4 is 32.8 Å². The molecule has 4 nitrogen and oxygen atoms in total. The maximum Gasteiger partial charge on any atom is 0.340 e. The van der Waals surface area contributed by atoms with Gasteiger partial charge in [-0.05, 0) is 28.9 Å². The van der Waals surface area contributed by atoms with Gasteiger partial charge in [-0.15, -0.1) is 0 Å². The van der Waals surface area contributed by atoms with E-state index in [1.165, 1.54) is 6.20 Å². The lowest BCUT2D eigenvalue weighted by atomic mass is 10.1. The fourth-order valence-electron chi connectivity index (χ4n) is 1.63. The molecule has 1 aromatic carbocycles. The lowest BCUT2D eigenvalue weighted by Crippen LogP contribution is -2.06. The van der Waals surface area contributed by atoms with E-state index < -0.39 is 5.97 Å². The summed E-state index contributed by atoms with van der Waals surface area (Å²) in [7, 11) is 0. The van der Waals surface area contributed by atoms with Gasteiger partial charge in [0.2, 0.25) is 0 Å². The number of rotatable bonds is 2. The Kier molecular flexibility index (Phi) is 3.58. The summed E-state index contributed by atoms with van der Waals surface area (Å²) in [6.07, 6.45) is 1.42. The number of ether oxygens (including phenoxy) is 1. The Balaban J connectivity index is 2.66. The van der Waals surface area contributed by atoms with Crippen LogP contribution in [0.5, 0.6) is 0 Å². The Morgan fingerprint density at radius 1 is 1.56 bits per heavy atom. The van der Waals surface area contributed by atoms with E-state index in [4.69, 9.17) is 10.00 Å². The van der Waals surface area contributed by atoms with Crippen LogP contribution in [0, 0.1) is 11.3 Å². The molecule has 1 heterocycles. The van der Waals surface area contributed by atoms with Crippen molar-refractivity contribution in [2.75, 3.05) is 6.61 Å². The summed E-state index contributed by atoms with van der Waals surface area (Å²) in [6.45, 7) is 2.05. The molecule has 2 rings (SSSR count). The van der Waals surface area contributed by atoms with Crippen LogP contribution in [0.25, 0.3) is 10.9 Å². The fourth-order valence-corrected chi connectivity index (χ4v) is 2.22. The van der Waals surface area contributed by atoms with E-state index >= 15 is 0 Å². The van der Waals surface area contributed by atoms with Crippen molar-refractivity contribution in [1.82, 2.24) is 4.98 Å². The lowest BCUT2D eigenvalue weighted by Gasteiger charge is -2.07. The molecule has 0 spiro atoms. The van der Waals surface area contributed by atoms with Crippen LogP contribution in [-0.2, 0) is 4.74 Å². The Bertz CT molecular complexity index is 662. The third-order valence-corrected chi connectivity index (χ3v) is 3.30. The van der Waals surface area contributed by atoms with Gasteiger partial charge >= 0.3 is 5.97 Å². The zero-order chi connectivity index (χ0) is 13.1. The molecule has 0 aliphatic heterocycles. The van der Waals surface area contributed by atoms with E-state index in [0.717, 1.165) is 5.39 Å². The largest absolute Gasteiger partial charge is 0.462 e. The number of nitrogens with zero attached hydrogens (tertiary/aromatic N) is 2. The lowest BCUT2D eigenvalue weighted by molar-refractivity contribution is 0.0525. The van der Waals surface area contributed by atoms with Crippen molar-refractivity contribution in [3.05, 3.63) is 40.0 Å². The molecule has 0 fully saturated rings.